The third kappa shape index (κ3) is 3.02. The molecule has 1 amide bonds. The first kappa shape index (κ1) is 15.4. The molecule has 1 aliphatic rings. The molecule has 8 heteroatoms. The number of aromatic hydroxyl groups is 1. The molecule has 5 nitrogen and oxygen atoms in total. The molecule has 0 bridgehead atoms. The van der Waals surface area contributed by atoms with Crippen molar-refractivity contribution in [3.05, 3.63) is 25.5 Å². The fourth-order valence-electron chi connectivity index (χ4n) is 1.57. The number of nitrogens with zero attached hydrogens (tertiary/aromatic N) is 1. The van der Waals surface area contributed by atoms with Crippen LogP contribution in [0.25, 0.3) is 6.08 Å². The van der Waals surface area contributed by atoms with Gasteiger partial charge in [-0.25, -0.2) is 0 Å². The quantitative estimate of drug-likeness (QED) is 0.731. The largest absolute Gasteiger partial charge is 0.504 e. The third-order valence-electron chi connectivity index (χ3n) is 2.40. The Kier molecular flexibility index (Phi) is 4.77. The van der Waals surface area contributed by atoms with Crippen LogP contribution in [-0.2, 0) is 4.79 Å². The number of thioether (sulfide) groups is 1. The van der Waals surface area contributed by atoms with Crippen LogP contribution in [0, 0.1) is 0 Å². The normalized spacial score (nSPS) is 16.6. The fourth-order valence-corrected chi connectivity index (χ4v) is 3.07. The summed E-state index contributed by atoms with van der Waals surface area (Å²) < 4.78 is 6.67. The monoisotopic (exact) mass is 420 g/mol. The number of benzene rings is 1. The van der Waals surface area contributed by atoms with Crippen molar-refractivity contribution in [1.29, 1.82) is 0 Å². The average molecular weight is 422 g/mol. The second-order valence-corrected chi connectivity index (χ2v) is 6.44. The molecule has 3 N–H and O–H groups in total. The van der Waals surface area contributed by atoms with Crippen LogP contribution in [0.5, 0.6) is 11.5 Å². The summed E-state index contributed by atoms with van der Waals surface area (Å²) in [5, 5.41) is 10.4. The van der Waals surface area contributed by atoms with Gasteiger partial charge in [-0.2, -0.15) is 4.99 Å². The number of aliphatic imine (C=N–C) groups is 1. The lowest BCUT2D eigenvalue weighted by molar-refractivity contribution is -0.113. The first-order chi connectivity index (χ1) is 9.43. The second kappa shape index (κ2) is 6.19. The highest BCUT2D eigenvalue weighted by Crippen LogP contribution is 2.43. The molecule has 0 spiro atoms. The lowest BCUT2D eigenvalue weighted by Crippen LogP contribution is -2.01. The van der Waals surface area contributed by atoms with Gasteiger partial charge in [-0.3, -0.25) is 4.79 Å². The Hall–Kier alpha value is -0.990. The standard InChI is InChI=1S/C12H10Br2N2O3S/c1-2-19-7-4-6(13)9(14)5(10(7)17)3-8-11(18)16-12(15)20-8/h3-4,17H,2H2,1H3,(H2,15,16,18). The number of carbonyl (C=O) groups is 1. The molecular weight excluding hydrogens is 412 g/mol. The maximum absolute atomic E-state index is 11.6. The van der Waals surface area contributed by atoms with Gasteiger partial charge >= 0.3 is 0 Å². The summed E-state index contributed by atoms with van der Waals surface area (Å²) in [6, 6.07) is 1.65. The average Bonchev–Trinajstić information content (AvgIpc) is 2.70. The highest BCUT2D eigenvalue weighted by molar-refractivity contribution is 9.13. The SMILES string of the molecule is CCOc1cc(Br)c(Br)c(C=C2SC(N)=NC2=O)c1O. The minimum atomic E-state index is -0.420. The zero-order valence-corrected chi connectivity index (χ0v) is 14.3. The number of halogens is 2. The van der Waals surface area contributed by atoms with Crippen LogP contribution in [0.15, 0.2) is 24.9 Å². The number of nitrogens with two attached hydrogens (primary N) is 1. The van der Waals surface area contributed by atoms with Crippen molar-refractivity contribution in [2.45, 2.75) is 6.92 Å². The second-order valence-electron chi connectivity index (χ2n) is 3.73. The number of phenols is 1. The van der Waals surface area contributed by atoms with Gasteiger partial charge in [-0.05, 0) is 62.7 Å². The Morgan fingerprint density at radius 1 is 1.55 bits per heavy atom. The van der Waals surface area contributed by atoms with E-state index in [4.69, 9.17) is 10.5 Å². The Morgan fingerprint density at radius 2 is 2.25 bits per heavy atom. The van der Waals surface area contributed by atoms with E-state index in [0.29, 0.717) is 31.8 Å². The molecule has 106 valence electrons. The highest BCUT2D eigenvalue weighted by atomic mass is 79.9. The van der Waals surface area contributed by atoms with Crippen molar-refractivity contribution in [2.24, 2.45) is 10.7 Å². The van der Waals surface area contributed by atoms with Crippen molar-refractivity contribution < 1.29 is 14.6 Å². The molecule has 2 rings (SSSR count). The number of hydrogen-bond donors (Lipinski definition) is 2. The van der Waals surface area contributed by atoms with Crippen LogP contribution in [0.1, 0.15) is 12.5 Å². The molecule has 0 fully saturated rings. The number of hydrogen-bond acceptors (Lipinski definition) is 5. The van der Waals surface area contributed by atoms with E-state index in [9.17, 15) is 9.90 Å². The van der Waals surface area contributed by atoms with Gasteiger partial charge in [0.05, 0.1) is 11.5 Å². The minimum Gasteiger partial charge on any atom is -0.504 e. The van der Waals surface area contributed by atoms with E-state index >= 15 is 0 Å². The summed E-state index contributed by atoms with van der Waals surface area (Å²) in [5.41, 5.74) is 5.93. The molecule has 1 aromatic carbocycles. The van der Waals surface area contributed by atoms with Crippen LogP contribution in [0.2, 0.25) is 0 Å². The summed E-state index contributed by atoms with van der Waals surface area (Å²) in [7, 11) is 0. The van der Waals surface area contributed by atoms with Gasteiger partial charge in [0.2, 0.25) is 0 Å². The first-order valence-corrected chi connectivity index (χ1v) is 7.96. The van der Waals surface area contributed by atoms with E-state index < -0.39 is 5.91 Å². The molecule has 0 unspecified atom stereocenters. The predicted molar refractivity (Wildman–Crippen MR) is 86.9 cm³/mol. The van der Waals surface area contributed by atoms with Gasteiger partial charge in [-0.1, -0.05) is 0 Å². The van der Waals surface area contributed by atoms with Crippen LogP contribution >= 0.6 is 43.6 Å². The van der Waals surface area contributed by atoms with Crippen molar-refractivity contribution in [3.63, 3.8) is 0 Å². The molecule has 0 atom stereocenters. The molecule has 1 aromatic rings. The molecule has 0 saturated carbocycles. The topological polar surface area (TPSA) is 84.9 Å². The third-order valence-corrected chi connectivity index (χ3v) is 5.23. The van der Waals surface area contributed by atoms with E-state index in [-0.39, 0.29) is 10.9 Å². The van der Waals surface area contributed by atoms with Crippen LogP contribution < -0.4 is 10.5 Å². The Balaban J connectivity index is 2.51. The van der Waals surface area contributed by atoms with Crippen molar-refractivity contribution in [1.82, 2.24) is 0 Å². The van der Waals surface area contributed by atoms with E-state index in [0.717, 1.165) is 11.8 Å². The van der Waals surface area contributed by atoms with E-state index in [2.05, 4.69) is 36.9 Å². The Labute approximate surface area is 136 Å². The van der Waals surface area contributed by atoms with Gasteiger partial charge < -0.3 is 15.6 Å². The predicted octanol–water partition coefficient (Wildman–Crippen LogP) is 3.24. The maximum Gasteiger partial charge on any atom is 0.286 e. The summed E-state index contributed by atoms with van der Waals surface area (Å²) in [5.74, 6) is -0.135. The highest BCUT2D eigenvalue weighted by Gasteiger charge is 2.22. The fraction of sp³-hybridized carbons (Fsp3) is 0.167. The number of amides is 1. The number of rotatable bonds is 3. The van der Waals surface area contributed by atoms with Crippen molar-refractivity contribution >= 4 is 60.8 Å². The van der Waals surface area contributed by atoms with Crippen LogP contribution in [0.3, 0.4) is 0 Å². The lowest BCUT2D eigenvalue weighted by atomic mass is 10.1. The number of ether oxygens (including phenoxy) is 1. The van der Waals surface area contributed by atoms with Crippen molar-refractivity contribution in [3.8, 4) is 11.5 Å². The van der Waals surface area contributed by atoms with Gasteiger partial charge in [0, 0.05) is 14.5 Å². The van der Waals surface area contributed by atoms with Gasteiger partial charge in [-0.15, -0.1) is 0 Å². The summed E-state index contributed by atoms with van der Waals surface area (Å²) in [6.45, 7) is 2.24. The van der Waals surface area contributed by atoms with Gasteiger partial charge in [0.1, 0.15) is 0 Å². The maximum atomic E-state index is 11.6. The van der Waals surface area contributed by atoms with Crippen LogP contribution in [-0.4, -0.2) is 22.8 Å². The van der Waals surface area contributed by atoms with Gasteiger partial charge in [0.15, 0.2) is 16.7 Å². The number of amidine groups is 1. The zero-order chi connectivity index (χ0) is 14.9. The molecule has 20 heavy (non-hydrogen) atoms. The molecule has 0 radical (unpaired) electrons. The minimum absolute atomic E-state index is 0.0479. The molecular formula is C12H10Br2N2O3S. The molecule has 0 saturated heterocycles. The molecule has 0 aromatic heterocycles. The lowest BCUT2D eigenvalue weighted by Gasteiger charge is -2.12. The first-order valence-electron chi connectivity index (χ1n) is 5.55. The Morgan fingerprint density at radius 3 is 2.80 bits per heavy atom. The summed E-state index contributed by atoms with van der Waals surface area (Å²) in [6.07, 6.45) is 1.53. The Bertz CT molecular complexity index is 644. The molecule has 1 heterocycles. The molecule has 1 aliphatic heterocycles. The van der Waals surface area contributed by atoms with E-state index in [1.165, 1.54) is 6.08 Å². The number of phenolic OH excluding ortho intramolecular Hbond substituents is 1. The summed E-state index contributed by atoms with van der Waals surface area (Å²) in [4.78, 5) is 15.6. The van der Waals surface area contributed by atoms with E-state index in [1.807, 2.05) is 6.92 Å². The smallest absolute Gasteiger partial charge is 0.286 e. The van der Waals surface area contributed by atoms with Gasteiger partial charge in [0.25, 0.3) is 5.91 Å². The van der Waals surface area contributed by atoms with Crippen molar-refractivity contribution in [2.75, 3.05) is 6.61 Å². The zero-order valence-electron chi connectivity index (χ0n) is 10.3. The summed E-state index contributed by atoms with van der Waals surface area (Å²) >= 11 is 7.79. The van der Waals surface area contributed by atoms with Crippen LogP contribution in [0.4, 0.5) is 0 Å². The van der Waals surface area contributed by atoms with E-state index in [1.54, 1.807) is 6.07 Å². The number of carbonyl (C=O) groups excluding carboxylic acids is 1. The molecule has 0 aliphatic carbocycles.